The van der Waals surface area contributed by atoms with Crippen LogP contribution in [-0.2, 0) is 20.9 Å². The van der Waals surface area contributed by atoms with Crippen LogP contribution in [0.4, 0.5) is 0 Å². The van der Waals surface area contributed by atoms with Gasteiger partial charge in [-0.15, -0.1) is 0 Å². The lowest BCUT2D eigenvalue weighted by Gasteiger charge is -2.30. The van der Waals surface area contributed by atoms with Gasteiger partial charge in [0.25, 0.3) is 5.91 Å². The summed E-state index contributed by atoms with van der Waals surface area (Å²) in [6.07, 6.45) is 1.57. The standard InChI is InChI=1S/C28H28N6O4S/c1-4-37-27(36)25-17(2)31-28(39)32-26(25)20-10-6-8-12-23(20)38-16-24(35)33-30-15-21-18(3)34(14-13-29)22-11-7-5-9-19(21)22/h5-12,15,26H,4,14,16H2,1-3H3,(H,33,35)(H2,31,32,39)/t26-/m0/s1. The second kappa shape index (κ2) is 12.2. The third-order valence-corrected chi connectivity index (χ3v) is 6.46. The predicted molar refractivity (Wildman–Crippen MR) is 151 cm³/mol. The van der Waals surface area contributed by atoms with Crippen LogP contribution in [0.3, 0.4) is 0 Å². The monoisotopic (exact) mass is 544 g/mol. The van der Waals surface area contributed by atoms with Crippen molar-refractivity contribution in [3.05, 3.63) is 76.6 Å². The van der Waals surface area contributed by atoms with Gasteiger partial charge in [-0.25, -0.2) is 10.2 Å². The number of allylic oxidation sites excluding steroid dienone is 1. The van der Waals surface area contributed by atoms with Crippen molar-refractivity contribution in [2.75, 3.05) is 13.2 Å². The molecule has 3 aromatic rings. The molecule has 0 saturated carbocycles. The smallest absolute Gasteiger partial charge is 0.338 e. The minimum atomic E-state index is -0.621. The van der Waals surface area contributed by atoms with Crippen LogP contribution in [0.25, 0.3) is 10.9 Å². The third-order valence-electron chi connectivity index (χ3n) is 6.24. The summed E-state index contributed by atoms with van der Waals surface area (Å²) in [7, 11) is 0. The zero-order chi connectivity index (χ0) is 27.9. The summed E-state index contributed by atoms with van der Waals surface area (Å²) in [5.74, 6) is -0.537. The van der Waals surface area contributed by atoms with Gasteiger partial charge in [0.2, 0.25) is 0 Å². The molecule has 10 nitrogen and oxygen atoms in total. The lowest BCUT2D eigenvalue weighted by atomic mass is 9.95. The molecule has 1 aromatic heterocycles. The minimum absolute atomic E-state index is 0.211. The number of ether oxygens (including phenoxy) is 2. The van der Waals surface area contributed by atoms with Crippen LogP contribution in [0.5, 0.6) is 5.75 Å². The molecule has 0 fully saturated rings. The Bertz CT molecular complexity index is 1530. The molecule has 200 valence electrons. The maximum absolute atomic E-state index is 12.7. The fourth-order valence-corrected chi connectivity index (χ4v) is 4.77. The number of nitrogens with one attached hydrogen (secondary N) is 3. The van der Waals surface area contributed by atoms with Crippen molar-refractivity contribution >= 4 is 46.3 Å². The van der Waals surface area contributed by atoms with Gasteiger partial charge in [-0.1, -0.05) is 36.4 Å². The molecule has 0 aliphatic carbocycles. The number of thiocarbonyl (C=S) groups is 1. The first-order valence-corrected chi connectivity index (χ1v) is 12.7. The molecule has 0 bridgehead atoms. The Morgan fingerprint density at radius 3 is 2.72 bits per heavy atom. The first-order chi connectivity index (χ1) is 18.8. The van der Waals surface area contributed by atoms with Gasteiger partial charge >= 0.3 is 5.97 Å². The number of nitriles is 1. The second-order valence-electron chi connectivity index (χ2n) is 8.67. The minimum Gasteiger partial charge on any atom is -0.483 e. The molecule has 1 aliphatic rings. The Morgan fingerprint density at radius 2 is 1.95 bits per heavy atom. The number of nitrogens with zero attached hydrogens (tertiary/aromatic N) is 3. The van der Waals surface area contributed by atoms with E-state index in [1.807, 2.05) is 41.8 Å². The van der Waals surface area contributed by atoms with Crippen LogP contribution in [-0.4, -0.2) is 41.0 Å². The maximum Gasteiger partial charge on any atom is 0.338 e. The molecule has 2 heterocycles. The number of fused-ring (bicyclic) bond motifs is 1. The van der Waals surface area contributed by atoms with E-state index in [0.29, 0.717) is 27.7 Å². The van der Waals surface area contributed by atoms with Crippen LogP contribution >= 0.6 is 12.2 Å². The summed E-state index contributed by atoms with van der Waals surface area (Å²) in [5.41, 5.74) is 6.68. The van der Waals surface area contributed by atoms with Gasteiger partial charge in [0.15, 0.2) is 11.7 Å². The van der Waals surface area contributed by atoms with Crippen LogP contribution < -0.4 is 20.8 Å². The lowest BCUT2D eigenvalue weighted by Crippen LogP contribution is -2.45. The topological polar surface area (TPSA) is 130 Å². The van der Waals surface area contributed by atoms with E-state index in [2.05, 4.69) is 27.2 Å². The number of carbonyl (C=O) groups excluding carboxylic acids is 2. The Balaban J connectivity index is 1.48. The van der Waals surface area contributed by atoms with Crippen LogP contribution in [0.2, 0.25) is 0 Å². The largest absolute Gasteiger partial charge is 0.483 e. The highest BCUT2D eigenvalue weighted by molar-refractivity contribution is 7.80. The average molecular weight is 545 g/mol. The number of hydrazone groups is 1. The molecule has 4 rings (SSSR count). The van der Waals surface area contributed by atoms with Crippen LogP contribution in [0, 0.1) is 18.3 Å². The summed E-state index contributed by atoms with van der Waals surface area (Å²) in [5, 5.41) is 20.7. The van der Waals surface area contributed by atoms with Crippen LogP contribution in [0.15, 0.2) is 64.9 Å². The highest BCUT2D eigenvalue weighted by atomic mass is 32.1. The van der Waals surface area contributed by atoms with Gasteiger partial charge in [-0.3, -0.25) is 4.79 Å². The Hall–Kier alpha value is -4.69. The van der Waals surface area contributed by atoms with Crippen molar-refractivity contribution in [3.63, 3.8) is 0 Å². The summed E-state index contributed by atoms with van der Waals surface area (Å²) in [4.78, 5) is 25.3. The normalized spacial score (nSPS) is 15.0. The van der Waals surface area contributed by atoms with Gasteiger partial charge in [0, 0.05) is 33.4 Å². The Kier molecular flexibility index (Phi) is 8.58. The number of esters is 1. The van der Waals surface area contributed by atoms with E-state index in [1.54, 1.807) is 38.3 Å². The second-order valence-corrected chi connectivity index (χ2v) is 9.08. The molecule has 1 aliphatic heterocycles. The van der Waals surface area contributed by atoms with Gasteiger partial charge in [-0.2, -0.15) is 10.4 Å². The number of benzene rings is 2. The number of hydrogen-bond donors (Lipinski definition) is 3. The predicted octanol–water partition coefficient (Wildman–Crippen LogP) is 3.36. The molecule has 2 aromatic carbocycles. The lowest BCUT2D eigenvalue weighted by molar-refractivity contribution is -0.139. The molecule has 39 heavy (non-hydrogen) atoms. The van der Waals surface area contributed by atoms with E-state index in [4.69, 9.17) is 21.7 Å². The first kappa shape index (κ1) is 27.3. The summed E-state index contributed by atoms with van der Waals surface area (Å²) < 4.78 is 13.0. The van der Waals surface area contributed by atoms with E-state index >= 15 is 0 Å². The molecule has 0 saturated heterocycles. The molecule has 11 heteroatoms. The van der Waals surface area contributed by atoms with Gasteiger partial charge in [0.1, 0.15) is 12.3 Å². The van der Waals surface area contributed by atoms with Gasteiger partial charge in [-0.05, 0) is 45.1 Å². The first-order valence-electron chi connectivity index (χ1n) is 12.3. The fraction of sp³-hybridized carbons (Fsp3) is 0.250. The van der Waals surface area contributed by atoms with Crippen LogP contribution in [0.1, 0.15) is 36.7 Å². The average Bonchev–Trinajstić information content (AvgIpc) is 3.18. The fourth-order valence-electron chi connectivity index (χ4n) is 4.50. The number of para-hydroxylation sites is 2. The third kappa shape index (κ3) is 5.91. The Labute approximate surface area is 231 Å². The molecular weight excluding hydrogens is 516 g/mol. The Morgan fingerprint density at radius 1 is 1.21 bits per heavy atom. The summed E-state index contributed by atoms with van der Waals surface area (Å²) in [6, 6.07) is 16.3. The maximum atomic E-state index is 12.7. The van der Waals surface area contributed by atoms with E-state index in [-0.39, 0.29) is 19.8 Å². The summed E-state index contributed by atoms with van der Waals surface area (Å²) >= 11 is 5.31. The quantitative estimate of drug-likeness (QED) is 0.162. The van der Waals surface area contributed by atoms with E-state index in [0.717, 1.165) is 22.2 Å². The zero-order valence-electron chi connectivity index (χ0n) is 21.8. The van der Waals surface area contributed by atoms with Crippen molar-refractivity contribution < 1.29 is 19.1 Å². The van der Waals surface area contributed by atoms with Crippen molar-refractivity contribution in [2.45, 2.75) is 33.4 Å². The number of carbonyl (C=O) groups is 2. The van der Waals surface area contributed by atoms with Crippen molar-refractivity contribution in [1.29, 1.82) is 5.26 Å². The van der Waals surface area contributed by atoms with Crippen molar-refractivity contribution in [1.82, 2.24) is 20.6 Å². The SMILES string of the molecule is CCOC(=O)C1=C(C)NC(=S)N[C@H]1c1ccccc1OCC(=O)NN=Cc1c(C)n(CC#N)c2ccccc12. The highest BCUT2D eigenvalue weighted by Gasteiger charge is 2.32. The zero-order valence-corrected chi connectivity index (χ0v) is 22.6. The van der Waals surface area contributed by atoms with Crippen molar-refractivity contribution in [2.24, 2.45) is 5.10 Å². The summed E-state index contributed by atoms with van der Waals surface area (Å²) in [6.45, 7) is 5.52. The molecule has 1 atom stereocenters. The number of hydrogen-bond acceptors (Lipinski definition) is 7. The number of aromatic nitrogens is 1. The van der Waals surface area contributed by atoms with Crippen molar-refractivity contribution in [3.8, 4) is 11.8 Å². The molecule has 0 spiro atoms. The number of amides is 1. The molecule has 3 N–H and O–H groups in total. The van der Waals surface area contributed by atoms with E-state index in [1.165, 1.54) is 0 Å². The molecule has 1 amide bonds. The van der Waals surface area contributed by atoms with Gasteiger partial charge in [0.05, 0.1) is 30.5 Å². The molecule has 0 unspecified atom stereocenters. The molecular formula is C28H28N6O4S. The highest BCUT2D eigenvalue weighted by Crippen LogP contribution is 2.33. The van der Waals surface area contributed by atoms with E-state index in [9.17, 15) is 14.9 Å². The number of rotatable bonds is 9. The molecule has 0 radical (unpaired) electrons. The van der Waals surface area contributed by atoms with E-state index < -0.39 is 17.9 Å². The van der Waals surface area contributed by atoms with Gasteiger partial charge < -0.3 is 24.7 Å².